The molecule has 7 N–H and O–H groups in total. The van der Waals surface area contributed by atoms with Gasteiger partial charge in [-0.15, -0.1) is 0 Å². The lowest BCUT2D eigenvalue weighted by Gasteiger charge is -2.02. The molecule has 3 amide bonds. The summed E-state index contributed by atoms with van der Waals surface area (Å²) in [5, 5.41) is 0. The number of carbonyl (C=O) groups excluding carboxylic acids is 2. The lowest BCUT2D eigenvalue weighted by atomic mass is 10.3. The molecule has 0 aromatic carbocycles. The van der Waals surface area contributed by atoms with Gasteiger partial charge in [0.2, 0.25) is 5.91 Å². The van der Waals surface area contributed by atoms with E-state index in [1.54, 1.807) is 0 Å². The zero-order valence-corrected chi connectivity index (χ0v) is 6.59. The SMILES string of the molecule is NNC(=O)CCCNNC(N)=O. The standard InChI is InChI=1S/C5H13N5O2/c6-5(12)10-8-3-1-2-4(11)9-7/h8H,1-3,7H2,(H,9,11)(H3,6,10,12). The van der Waals surface area contributed by atoms with E-state index in [0.717, 1.165) is 0 Å². The van der Waals surface area contributed by atoms with E-state index < -0.39 is 6.03 Å². The maximum atomic E-state index is 10.5. The minimum absolute atomic E-state index is 0.240. The molecule has 0 saturated heterocycles. The summed E-state index contributed by atoms with van der Waals surface area (Å²) in [7, 11) is 0. The van der Waals surface area contributed by atoms with Gasteiger partial charge >= 0.3 is 6.03 Å². The zero-order chi connectivity index (χ0) is 9.40. The number of hydrogen-bond donors (Lipinski definition) is 5. The van der Waals surface area contributed by atoms with E-state index in [9.17, 15) is 9.59 Å². The van der Waals surface area contributed by atoms with Crippen molar-refractivity contribution in [2.24, 2.45) is 11.6 Å². The first-order chi connectivity index (χ1) is 5.66. The van der Waals surface area contributed by atoms with Crippen molar-refractivity contribution in [3.8, 4) is 0 Å². The Bertz CT molecular complexity index is 160. The molecule has 7 nitrogen and oxygen atoms in total. The zero-order valence-electron chi connectivity index (χ0n) is 6.59. The molecule has 0 unspecified atom stereocenters. The Morgan fingerprint density at radius 2 is 2.00 bits per heavy atom. The molecule has 0 aliphatic rings. The van der Waals surface area contributed by atoms with Crippen LogP contribution in [0, 0.1) is 0 Å². The van der Waals surface area contributed by atoms with Crippen LogP contribution in [0.1, 0.15) is 12.8 Å². The molecule has 0 aliphatic carbocycles. The topological polar surface area (TPSA) is 122 Å². The van der Waals surface area contributed by atoms with Crippen molar-refractivity contribution in [3.05, 3.63) is 0 Å². The van der Waals surface area contributed by atoms with Gasteiger partial charge in [0.15, 0.2) is 0 Å². The molecule has 0 heterocycles. The van der Waals surface area contributed by atoms with Crippen LogP contribution in [0.5, 0.6) is 0 Å². The van der Waals surface area contributed by atoms with Crippen LogP contribution in [0.3, 0.4) is 0 Å². The van der Waals surface area contributed by atoms with Gasteiger partial charge in [-0.05, 0) is 6.42 Å². The van der Waals surface area contributed by atoms with Crippen LogP contribution in [-0.2, 0) is 4.79 Å². The third-order valence-corrected chi connectivity index (χ3v) is 1.08. The molecule has 12 heavy (non-hydrogen) atoms. The molecular weight excluding hydrogens is 162 g/mol. The summed E-state index contributed by atoms with van der Waals surface area (Å²) >= 11 is 0. The van der Waals surface area contributed by atoms with Crippen LogP contribution in [0.25, 0.3) is 0 Å². The largest absolute Gasteiger partial charge is 0.351 e. The normalized spacial score (nSPS) is 9.08. The fraction of sp³-hybridized carbons (Fsp3) is 0.600. The molecule has 70 valence electrons. The predicted octanol–water partition coefficient (Wildman–Crippen LogP) is -2.07. The highest BCUT2D eigenvalue weighted by Gasteiger charge is 1.96. The summed E-state index contributed by atoms with van der Waals surface area (Å²) in [5.41, 5.74) is 11.4. The van der Waals surface area contributed by atoms with Crippen molar-refractivity contribution in [2.45, 2.75) is 12.8 Å². The molecule has 0 spiro atoms. The summed E-state index contributed by atoms with van der Waals surface area (Å²) in [6.07, 6.45) is 0.882. The van der Waals surface area contributed by atoms with Gasteiger partial charge in [-0.3, -0.25) is 15.6 Å². The summed E-state index contributed by atoms with van der Waals surface area (Å²) in [4.78, 5) is 20.6. The Labute approximate surface area is 69.8 Å². The second-order valence-electron chi connectivity index (χ2n) is 2.09. The number of nitrogens with two attached hydrogens (primary N) is 2. The van der Waals surface area contributed by atoms with Crippen molar-refractivity contribution in [1.29, 1.82) is 0 Å². The highest BCUT2D eigenvalue weighted by Crippen LogP contribution is 1.83. The molecule has 0 aromatic rings. The van der Waals surface area contributed by atoms with Crippen LogP contribution in [0.15, 0.2) is 0 Å². The fourth-order valence-corrected chi connectivity index (χ4v) is 0.559. The maximum Gasteiger partial charge on any atom is 0.326 e. The third kappa shape index (κ3) is 6.78. The third-order valence-electron chi connectivity index (χ3n) is 1.08. The fourth-order valence-electron chi connectivity index (χ4n) is 0.559. The maximum absolute atomic E-state index is 10.5. The van der Waals surface area contributed by atoms with Crippen molar-refractivity contribution >= 4 is 11.9 Å². The summed E-state index contributed by atoms with van der Waals surface area (Å²) < 4.78 is 0. The molecule has 0 saturated carbocycles. The average Bonchev–Trinajstić information content (AvgIpc) is 2.03. The first-order valence-electron chi connectivity index (χ1n) is 3.44. The van der Waals surface area contributed by atoms with Crippen molar-refractivity contribution in [1.82, 2.24) is 16.3 Å². The number of hydrogen-bond acceptors (Lipinski definition) is 4. The van der Waals surface area contributed by atoms with E-state index in [1.807, 2.05) is 5.43 Å². The Morgan fingerprint density at radius 3 is 2.50 bits per heavy atom. The summed E-state index contributed by atoms with van der Waals surface area (Å²) in [5.74, 6) is 4.59. The number of nitrogens with one attached hydrogen (secondary N) is 3. The highest BCUT2D eigenvalue weighted by atomic mass is 16.2. The first-order valence-corrected chi connectivity index (χ1v) is 3.44. The lowest BCUT2D eigenvalue weighted by Crippen LogP contribution is -2.41. The van der Waals surface area contributed by atoms with Crippen molar-refractivity contribution < 1.29 is 9.59 Å². The number of amides is 3. The number of hydrazine groups is 2. The molecule has 0 rings (SSSR count). The molecule has 7 heteroatoms. The monoisotopic (exact) mass is 175 g/mol. The predicted molar refractivity (Wildman–Crippen MR) is 42.3 cm³/mol. The van der Waals surface area contributed by atoms with Crippen LogP contribution in [-0.4, -0.2) is 18.5 Å². The van der Waals surface area contributed by atoms with Crippen LogP contribution in [0.2, 0.25) is 0 Å². The van der Waals surface area contributed by atoms with E-state index in [1.165, 1.54) is 0 Å². The van der Waals surface area contributed by atoms with E-state index in [4.69, 9.17) is 11.6 Å². The molecule has 0 aromatic heterocycles. The first kappa shape index (κ1) is 10.7. The number of rotatable bonds is 5. The summed E-state index contributed by atoms with van der Waals surface area (Å²) in [6.45, 7) is 0.469. The minimum Gasteiger partial charge on any atom is -0.351 e. The van der Waals surface area contributed by atoms with Crippen LogP contribution < -0.4 is 27.9 Å². The minimum atomic E-state index is -0.654. The van der Waals surface area contributed by atoms with Gasteiger partial charge in [-0.2, -0.15) is 0 Å². The second kappa shape index (κ2) is 6.38. The lowest BCUT2D eigenvalue weighted by molar-refractivity contribution is -0.121. The Balaban J connectivity index is 3.11. The smallest absolute Gasteiger partial charge is 0.326 e. The molecule has 0 fully saturated rings. The summed E-state index contributed by atoms with van der Waals surface area (Å²) in [6, 6.07) is -0.654. The van der Waals surface area contributed by atoms with Gasteiger partial charge < -0.3 is 5.73 Å². The Kier molecular flexibility index (Phi) is 5.66. The number of primary amides is 1. The van der Waals surface area contributed by atoms with E-state index in [-0.39, 0.29) is 5.91 Å². The highest BCUT2D eigenvalue weighted by molar-refractivity contribution is 5.75. The number of urea groups is 1. The van der Waals surface area contributed by atoms with Gasteiger partial charge in [0, 0.05) is 13.0 Å². The van der Waals surface area contributed by atoms with E-state index in [2.05, 4.69) is 10.9 Å². The van der Waals surface area contributed by atoms with Crippen LogP contribution >= 0.6 is 0 Å². The average molecular weight is 175 g/mol. The van der Waals surface area contributed by atoms with Gasteiger partial charge in [0.05, 0.1) is 0 Å². The molecule has 0 aliphatic heterocycles. The van der Waals surface area contributed by atoms with Gasteiger partial charge in [0.1, 0.15) is 0 Å². The molecule has 0 atom stereocenters. The van der Waals surface area contributed by atoms with E-state index >= 15 is 0 Å². The Morgan fingerprint density at radius 1 is 1.33 bits per heavy atom. The van der Waals surface area contributed by atoms with E-state index in [0.29, 0.717) is 19.4 Å². The quantitative estimate of drug-likeness (QED) is 0.142. The Hall–Kier alpha value is -1.34. The van der Waals surface area contributed by atoms with Crippen molar-refractivity contribution in [2.75, 3.05) is 6.54 Å². The van der Waals surface area contributed by atoms with Gasteiger partial charge in [-0.1, -0.05) is 0 Å². The van der Waals surface area contributed by atoms with Crippen LogP contribution in [0.4, 0.5) is 4.79 Å². The van der Waals surface area contributed by atoms with Crippen molar-refractivity contribution in [3.63, 3.8) is 0 Å². The second-order valence-corrected chi connectivity index (χ2v) is 2.09. The van der Waals surface area contributed by atoms with Gasteiger partial charge in [0.25, 0.3) is 0 Å². The number of carbonyl (C=O) groups is 2. The molecular formula is C5H13N5O2. The van der Waals surface area contributed by atoms with Gasteiger partial charge in [-0.25, -0.2) is 16.1 Å². The molecule has 0 bridgehead atoms. The molecule has 0 radical (unpaired) electrons.